The van der Waals surface area contributed by atoms with Crippen LogP contribution in [-0.4, -0.2) is 41.5 Å². The third-order valence-corrected chi connectivity index (χ3v) is 3.45. The van der Waals surface area contributed by atoms with Crippen LogP contribution in [0.4, 0.5) is 0 Å². The van der Waals surface area contributed by atoms with Gasteiger partial charge in [0.25, 0.3) is 5.91 Å². The first-order valence-corrected chi connectivity index (χ1v) is 5.63. The molecule has 0 saturated carbocycles. The Morgan fingerprint density at radius 2 is 2.43 bits per heavy atom. The molecule has 0 aromatic heterocycles. The van der Waals surface area contributed by atoms with Gasteiger partial charge in [-0.3, -0.25) is 4.79 Å². The molecule has 2 heterocycles. The normalized spacial score (nSPS) is 37.9. The average Bonchev–Trinajstić information content (AvgIpc) is 2.74. The molecule has 0 radical (unpaired) electrons. The second kappa shape index (κ2) is 3.70. The van der Waals surface area contributed by atoms with Crippen molar-refractivity contribution < 1.29 is 9.53 Å². The van der Waals surface area contributed by atoms with Crippen LogP contribution in [0.1, 0.15) is 26.2 Å². The Hall–Kier alpha value is -0.280. The van der Waals surface area contributed by atoms with Crippen molar-refractivity contribution in [2.45, 2.75) is 37.2 Å². The smallest absolute Gasteiger partial charge is 0.254 e. The Morgan fingerprint density at radius 1 is 1.64 bits per heavy atom. The van der Waals surface area contributed by atoms with E-state index in [0.717, 1.165) is 25.8 Å². The molecule has 0 N–H and O–H groups in total. The monoisotopic (exact) mass is 217 g/mol. The van der Waals surface area contributed by atoms with Gasteiger partial charge in [0, 0.05) is 19.7 Å². The number of carbonyl (C=O) groups is 1. The lowest BCUT2D eigenvalue weighted by atomic mass is 10.0. The highest BCUT2D eigenvalue weighted by atomic mass is 35.5. The van der Waals surface area contributed by atoms with Crippen molar-refractivity contribution in [2.24, 2.45) is 0 Å². The Balaban J connectivity index is 2.00. The molecular formula is C10H16ClNO2. The lowest BCUT2D eigenvalue weighted by Gasteiger charge is -2.27. The largest absolute Gasteiger partial charge is 0.365 e. The first-order chi connectivity index (χ1) is 6.62. The van der Waals surface area contributed by atoms with Crippen LogP contribution in [0.25, 0.3) is 0 Å². The summed E-state index contributed by atoms with van der Waals surface area (Å²) in [6, 6.07) is 0. The lowest BCUT2D eigenvalue weighted by Crippen LogP contribution is -2.45. The van der Waals surface area contributed by atoms with Gasteiger partial charge in [-0.05, 0) is 26.2 Å². The molecule has 0 bridgehead atoms. The van der Waals surface area contributed by atoms with Gasteiger partial charge in [-0.1, -0.05) is 0 Å². The number of rotatable bonds is 1. The minimum atomic E-state index is -0.569. The van der Waals surface area contributed by atoms with E-state index < -0.39 is 5.60 Å². The molecule has 80 valence electrons. The molecule has 0 aliphatic carbocycles. The van der Waals surface area contributed by atoms with Gasteiger partial charge < -0.3 is 9.64 Å². The number of halogens is 1. The third kappa shape index (κ3) is 1.75. The Morgan fingerprint density at radius 3 is 2.93 bits per heavy atom. The van der Waals surface area contributed by atoms with Crippen LogP contribution in [0, 0.1) is 0 Å². The second-order valence-corrected chi connectivity index (χ2v) is 4.94. The fraction of sp³-hybridized carbons (Fsp3) is 0.900. The first-order valence-electron chi connectivity index (χ1n) is 5.19. The van der Waals surface area contributed by atoms with Crippen LogP contribution >= 0.6 is 11.6 Å². The zero-order chi connectivity index (χ0) is 10.2. The van der Waals surface area contributed by atoms with Gasteiger partial charge in [0.15, 0.2) is 0 Å². The van der Waals surface area contributed by atoms with Gasteiger partial charge in [0.05, 0.1) is 5.38 Å². The second-order valence-electron chi connectivity index (χ2n) is 4.32. The van der Waals surface area contributed by atoms with Crippen molar-refractivity contribution in [3.63, 3.8) is 0 Å². The molecule has 2 unspecified atom stereocenters. The molecule has 2 rings (SSSR count). The molecule has 2 fully saturated rings. The molecule has 0 spiro atoms. The van der Waals surface area contributed by atoms with Gasteiger partial charge in [0.2, 0.25) is 0 Å². The van der Waals surface area contributed by atoms with E-state index in [1.54, 1.807) is 0 Å². The number of likely N-dealkylation sites (tertiary alicyclic amines) is 1. The van der Waals surface area contributed by atoms with E-state index in [1.807, 2.05) is 11.8 Å². The van der Waals surface area contributed by atoms with Crippen LogP contribution in [0.3, 0.4) is 0 Å². The van der Waals surface area contributed by atoms with Crippen molar-refractivity contribution in [1.29, 1.82) is 0 Å². The van der Waals surface area contributed by atoms with Gasteiger partial charge in [-0.2, -0.15) is 0 Å². The number of hydrogen-bond acceptors (Lipinski definition) is 2. The topological polar surface area (TPSA) is 29.5 Å². The van der Waals surface area contributed by atoms with E-state index in [1.165, 1.54) is 0 Å². The number of ether oxygens (including phenoxy) is 1. The maximum Gasteiger partial charge on any atom is 0.254 e. The maximum atomic E-state index is 12.1. The average molecular weight is 218 g/mol. The molecule has 2 aliphatic heterocycles. The van der Waals surface area contributed by atoms with E-state index in [0.29, 0.717) is 13.2 Å². The van der Waals surface area contributed by atoms with E-state index >= 15 is 0 Å². The SMILES string of the molecule is CC1(C(=O)N2CCC(Cl)C2)CCCO1. The molecule has 0 aromatic carbocycles. The molecule has 0 aromatic rings. The molecule has 14 heavy (non-hydrogen) atoms. The summed E-state index contributed by atoms with van der Waals surface area (Å²) in [6.45, 7) is 4.07. The minimum absolute atomic E-state index is 0.123. The van der Waals surface area contributed by atoms with E-state index in [9.17, 15) is 4.79 Å². The number of amides is 1. The highest BCUT2D eigenvalue weighted by molar-refractivity contribution is 6.21. The third-order valence-electron chi connectivity index (χ3n) is 3.09. The first kappa shape index (κ1) is 10.2. The highest BCUT2D eigenvalue weighted by Crippen LogP contribution is 2.29. The summed E-state index contributed by atoms with van der Waals surface area (Å²) >= 11 is 5.97. The summed E-state index contributed by atoms with van der Waals surface area (Å²) < 4.78 is 5.52. The number of alkyl halides is 1. The fourth-order valence-corrected chi connectivity index (χ4v) is 2.45. The molecule has 4 heteroatoms. The van der Waals surface area contributed by atoms with Crippen LogP contribution in [0.5, 0.6) is 0 Å². The summed E-state index contributed by atoms with van der Waals surface area (Å²) in [7, 11) is 0. The summed E-state index contributed by atoms with van der Waals surface area (Å²) in [4.78, 5) is 13.9. The van der Waals surface area contributed by atoms with Gasteiger partial charge in [0.1, 0.15) is 5.60 Å². The number of carbonyl (C=O) groups excluding carboxylic acids is 1. The zero-order valence-corrected chi connectivity index (χ0v) is 9.22. The van der Waals surface area contributed by atoms with Crippen molar-refractivity contribution in [3.05, 3.63) is 0 Å². The fourth-order valence-electron chi connectivity index (χ4n) is 2.18. The van der Waals surface area contributed by atoms with Crippen LogP contribution in [-0.2, 0) is 9.53 Å². The van der Waals surface area contributed by atoms with Crippen molar-refractivity contribution >= 4 is 17.5 Å². The summed E-state index contributed by atoms with van der Waals surface area (Å²) in [5.41, 5.74) is -0.569. The molecule has 1 amide bonds. The van der Waals surface area contributed by atoms with Crippen LogP contribution < -0.4 is 0 Å². The summed E-state index contributed by atoms with van der Waals surface area (Å²) in [6.07, 6.45) is 2.74. The Kier molecular flexibility index (Phi) is 2.71. The zero-order valence-electron chi connectivity index (χ0n) is 8.46. The standard InChI is InChI=1S/C10H16ClNO2/c1-10(4-2-6-14-10)9(13)12-5-3-8(11)7-12/h8H,2-7H2,1H3. The summed E-state index contributed by atoms with van der Waals surface area (Å²) in [5, 5.41) is 0.129. The predicted molar refractivity (Wildman–Crippen MR) is 54.4 cm³/mol. The van der Waals surface area contributed by atoms with E-state index in [-0.39, 0.29) is 11.3 Å². The van der Waals surface area contributed by atoms with E-state index in [4.69, 9.17) is 16.3 Å². The van der Waals surface area contributed by atoms with Gasteiger partial charge in [-0.25, -0.2) is 0 Å². The number of nitrogens with zero attached hydrogens (tertiary/aromatic N) is 1. The molecule has 2 saturated heterocycles. The van der Waals surface area contributed by atoms with Crippen molar-refractivity contribution in [1.82, 2.24) is 4.90 Å². The molecule has 3 nitrogen and oxygen atoms in total. The molecule has 2 aliphatic rings. The Bertz CT molecular complexity index is 238. The van der Waals surface area contributed by atoms with Crippen LogP contribution in [0.15, 0.2) is 0 Å². The summed E-state index contributed by atoms with van der Waals surface area (Å²) in [5.74, 6) is 0.123. The molecular weight excluding hydrogens is 202 g/mol. The number of hydrogen-bond donors (Lipinski definition) is 0. The van der Waals surface area contributed by atoms with E-state index in [2.05, 4.69) is 0 Å². The Labute approximate surface area is 89.4 Å². The molecule has 2 atom stereocenters. The quantitative estimate of drug-likeness (QED) is 0.622. The van der Waals surface area contributed by atoms with Crippen LogP contribution in [0.2, 0.25) is 0 Å². The van der Waals surface area contributed by atoms with Gasteiger partial charge >= 0.3 is 0 Å². The highest BCUT2D eigenvalue weighted by Gasteiger charge is 2.42. The maximum absolute atomic E-state index is 12.1. The van der Waals surface area contributed by atoms with Gasteiger partial charge in [-0.15, -0.1) is 11.6 Å². The van der Waals surface area contributed by atoms with Crippen molar-refractivity contribution in [2.75, 3.05) is 19.7 Å². The lowest BCUT2D eigenvalue weighted by molar-refractivity contribution is -0.149. The minimum Gasteiger partial charge on any atom is -0.365 e. The predicted octanol–water partition coefficient (Wildman–Crippen LogP) is 1.40. The van der Waals surface area contributed by atoms with Crippen molar-refractivity contribution in [3.8, 4) is 0 Å².